The van der Waals surface area contributed by atoms with Crippen molar-refractivity contribution in [3.8, 4) is 5.75 Å². The first kappa shape index (κ1) is 18.4. The van der Waals surface area contributed by atoms with Gasteiger partial charge >= 0.3 is 0 Å². The number of halogens is 2. The Hall–Kier alpha value is -1.43. The van der Waals surface area contributed by atoms with Gasteiger partial charge in [-0.15, -0.1) is 0 Å². The van der Waals surface area contributed by atoms with Gasteiger partial charge in [-0.05, 0) is 35.2 Å². The zero-order chi connectivity index (χ0) is 17.6. The third kappa shape index (κ3) is 4.81. The first-order valence-electron chi connectivity index (χ1n) is 8.37. The SMILES string of the molecule is COC1CCOCC1c1cc(F)cc(OCc2ccc(CBr)cc2)c1. The summed E-state index contributed by atoms with van der Waals surface area (Å²) < 4.78 is 31.0. The number of ether oxygens (including phenoxy) is 3. The van der Waals surface area contributed by atoms with Gasteiger partial charge in [0.25, 0.3) is 0 Å². The Morgan fingerprint density at radius 2 is 1.92 bits per heavy atom. The smallest absolute Gasteiger partial charge is 0.127 e. The van der Waals surface area contributed by atoms with Crippen LogP contribution in [0.4, 0.5) is 4.39 Å². The lowest BCUT2D eigenvalue weighted by Gasteiger charge is -2.31. The average Bonchev–Trinajstić information content (AvgIpc) is 2.66. The van der Waals surface area contributed by atoms with Crippen molar-refractivity contribution in [3.05, 3.63) is 65.0 Å². The third-order valence-corrected chi connectivity index (χ3v) is 5.15. The van der Waals surface area contributed by atoms with Crippen LogP contribution in [0.3, 0.4) is 0 Å². The maximum absolute atomic E-state index is 14.1. The molecule has 5 heteroatoms. The fourth-order valence-corrected chi connectivity index (χ4v) is 3.46. The minimum atomic E-state index is -0.303. The molecule has 0 spiro atoms. The summed E-state index contributed by atoms with van der Waals surface area (Å²) in [5.74, 6) is 0.248. The van der Waals surface area contributed by atoms with Gasteiger partial charge in [0, 0.05) is 31.0 Å². The highest BCUT2D eigenvalue weighted by molar-refractivity contribution is 9.08. The summed E-state index contributed by atoms with van der Waals surface area (Å²) in [6.07, 6.45) is 0.855. The molecule has 1 fully saturated rings. The van der Waals surface area contributed by atoms with Crippen molar-refractivity contribution in [2.45, 2.75) is 30.4 Å². The molecule has 1 saturated heterocycles. The Kier molecular flexibility index (Phi) is 6.45. The van der Waals surface area contributed by atoms with Gasteiger partial charge in [0.2, 0.25) is 0 Å². The van der Waals surface area contributed by atoms with E-state index in [0.717, 1.165) is 22.9 Å². The van der Waals surface area contributed by atoms with Crippen LogP contribution in [-0.2, 0) is 21.4 Å². The molecule has 3 rings (SSSR count). The monoisotopic (exact) mass is 408 g/mol. The van der Waals surface area contributed by atoms with Gasteiger partial charge in [-0.1, -0.05) is 40.2 Å². The molecule has 1 heterocycles. The quantitative estimate of drug-likeness (QED) is 0.641. The van der Waals surface area contributed by atoms with Crippen LogP contribution < -0.4 is 4.74 Å². The minimum absolute atomic E-state index is 0.0232. The highest BCUT2D eigenvalue weighted by atomic mass is 79.9. The molecule has 1 aliphatic heterocycles. The van der Waals surface area contributed by atoms with Crippen molar-refractivity contribution in [2.75, 3.05) is 20.3 Å². The van der Waals surface area contributed by atoms with Gasteiger partial charge in [0.1, 0.15) is 18.2 Å². The Morgan fingerprint density at radius 1 is 1.16 bits per heavy atom. The highest BCUT2D eigenvalue weighted by Gasteiger charge is 2.27. The molecule has 0 saturated carbocycles. The van der Waals surface area contributed by atoms with Crippen molar-refractivity contribution in [2.24, 2.45) is 0 Å². The first-order chi connectivity index (χ1) is 12.2. The van der Waals surface area contributed by atoms with Crippen molar-refractivity contribution < 1.29 is 18.6 Å². The molecular weight excluding hydrogens is 387 g/mol. The second-order valence-corrected chi connectivity index (χ2v) is 6.76. The van der Waals surface area contributed by atoms with Crippen LogP contribution in [0.1, 0.15) is 29.0 Å². The molecule has 2 aromatic carbocycles. The van der Waals surface area contributed by atoms with Gasteiger partial charge in [-0.2, -0.15) is 0 Å². The molecule has 0 aromatic heterocycles. The Balaban J connectivity index is 1.72. The average molecular weight is 409 g/mol. The summed E-state index contributed by atoms with van der Waals surface area (Å²) in [4.78, 5) is 0. The molecule has 0 aliphatic carbocycles. The molecule has 0 radical (unpaired) electrons. The summed E-state index contributed by atoms with van der Waals surface area (Å²) in [7, 11) is 1.69. The number of hydrogen-bond acceptors (Lipinski definition) is 3. The van der Waals surface area contributed by atoms with Crippen LogP contribution >= 0.6 is 15.9 Å². The van der Waals surface area contributed by atoms with Crippen LogP contribution in [0.2, 0.25) is 0 Å². The molecule has 2 unspecified atom stereocenters. The lowest BCUT2D eigenvalue weighted by molar-refractivity contribution is -0.0286. The number of methoxy groups -OCH3 is 1. The zero-order valence-corrected chi connectivity index (χ0v) is 15.8. The van der Waals surface area contributed by atoms with Crippen LogP contribution in [-0.4, -0.2) is 26.4 Å². The number of alkyl halides is 1. The van der Waals surface area contributed by atoms with E-state index < -0.39 is 0 Å². The van der Waals surface area contributed by atoms with Crippen LogP contribution in [0.15, 0.2) is 42.5 Å². The maximum atomic E-state index is 14.1. The van der Waals surface area contributed by atoms with Crippen LogP contribution in [0, 0.1) is 5.82 Å². The lowest BCUT2D eigenvalue weighted by Crippen LogP contribution is -2.31. The molecular formula is C20H22BrFO3. The van der Waals surface area contributed by atoms with Crippen molar-refractivity contribution >= 4 is 15.9 Å². The number of rotatable bonds is 6. The van der Waals surface area contributed by atoms with E-state index in [-0.39, 0.29) is 17.8 Å². The summed E-state index contributed by atoms with van der Waals surface area (Å²) in [5.41, 5.74) is 3.11. The van der Waals surface area contributed by atoms with E-state index >= 15 is 0 Å². The van der Waals surface area contributed by atoms with E-state index in [0.29, 0.717) is 25.6 Å². The third-order valence-electron chi connectivity index (χ3n) is 4.50. The molecule has 0 bridgehead atoms. The zero-order valence-electron chi connectivity index (χ0n) is 14.2. The molecule has 3 nitrogen and oxygen atoms in total. The second-order valence-electron chi connectivity index (χ2n) is 6.20. The molecule has 134 valence electrons. The van der Waals surface area contributed by atoms with E-state index in [2.05, 4.69) is 15.9 Å². The fraction of sp³-hybridized carbons (Fsp3) is 0.400. The maximum Gasteiger partial charge on any atom is 0.127 e. The molecule has 1 aliphatic rings. The van der Waals surface area contributed by atoms with Crippen LogP contribution in [0.5, 0.6) is 5.75 Å². The molecule has 2 aromatic rings. The largest absolute Gasteiger partial charge is 0.489 e. The van der Waals surface area contributed by atoms with E-state index in [1.807, 2.05) is 30.3 Å². The summed E-state index contributed by atoms with van der Waals surface area (Å²) >= 11 is 3.43. The number of hydrogen-bond donors (Lipinski definition) is 0. The lowest BCUT2D eigenvalue weighted by atomic mass is 9.90. The highest BCUT2D eigenvalue weighted by Crippen LogP contribution is 2.31. The van der Waals surface area contributed by atoms with Gasteiger partial charge in [-0.25, -0.2) is 4.39 Å². The summed E-state index contributed by atoms with van der Waals surface area (Å²) in [6, 6.07) is 13.0. The van der Waals surface area contributed by atoms with E-state index in [4.69, 9.17) is 14.2 Å². The van der Waals surface area contributed by atoms with E-state index in [9.17, 15) is 4.39 Å². The van der Waals surface area contributed by atoms with Gasteiger partial charge in [-0.3, -0.25) is 0 Å². The fourth-order valence-electron chi connectivity index (χ4n) is 3.08. The van der Waals surface area contributed by atoms with Gasteiger partial charge < -0.3 is 14.2 Å². The number of benzene rings is 2. The Morgan fingerprint density at radius 3 is 2.64 bits per heavy atom. The van der Waals surface area contributed by atoms with Gasteiger partial charge in [0.15, 0.2) is 0 Å². The summed E-state index contributed by atoms with van der Waals surface area (Å²) in [5, 5.41) is 0.825. The molecule has 2 atom stereocenters. The van der Waals surface area contributed by atoms with Gasteiger partial charge in [0.05, 0.1) is 12.7 Å². The molecule has 0 N–H and O–H groups in total. The molecule has 0 amide bonds. The predicted octanol–water partition coefficient (Wildman–Crippen LogP) is 4.82. The second kappa shape index (κ2) is 8.79. The normalized spacial score (nSPS) is 20.4. The minimum Gasteiger partial charge on any atom is -0.489 e. The van der Waals surface area contributed by atoms with E-state index in [1.54, 1.807) is 13.2 Å². The van der Waals surface area contributed by atoms with Crippen molar-refractivity contribution in [3.63, 3.8) is 0 Å². The van der Waals surface area contributed by atoms with Crippen molar-refractivity contribution in [1.82, 2.24) is 0 Å². The van der Waals surface area contributed by atoms with E-state index in [1.165, 1.54) is 11.6 Å². The topological polar surface area (TPSA) is 27.7 Å². The molecule has 25 heavy (non-hydrogen) atoms. The predicted molar refractivity (Wildman–Crippen MR) is 98.8 cm³/mol. The standard InChI is InChI=1S/C20H22BrFO3/c1-23-20-6-7-24-13-19(20)16-8-17(22)10-18(9-16)25-12-15-4-2-14(11-21)3-5-15/h2-5,8-10,19-20H,6-7,11-13H2,1H3. The van der Waals surface area contributed by atoms with Crippen molar-refractivity contribution in [1.29, 1.82) is 0 Å². The Labute approximate surface area is 156 Å². The Bertz CT molecular complexity index is 690. The van der Waals surface area contributed by atoms with Crippen LogP contribution in [0.25, 0.3) is 0 Å². The first-order valence-corrected chi connectivity index (χ1v) is 9.49. The summed E-state index contributed by atoms with van der Waals surface area (Å²) in [6.45, 7) is 1.62.